The number of rotatable bonds is 2. The largest absolute Gasteiger partial charge is 1.00 e. The average molecular weight is 861 g/mol. The van der Waals surface area contributed by atoms with Gasteiger partial charge >= 0.3 is 29.6 Å². The van der Waals surface area contributed by atoms with Crippen LogP contribution in [0.1, 0.15) is 22.3 Å². The zero-order valence-corrected chi connectivity index (χ0v) is 33.0. The van der Waals surface area contributed by atoms with Crippen LogP contribution in [0.4, 0.5) is 17.1 Å². The molecular weight excluding hydrogens is 853 g/mol. The van der Waals surface area contributed by atoms with Crippen molar-refractivity contribution in [1.82, 2.24) is 9.97 Å². The molecule has 0 aliphatic heterocycles. The Balaban J connectivity index is 0.000000727. The van der Waals surface area contributed by atoms with E-state index < -0.39 is 0 Å². The van der Waals surface area contributed by atoms with Gasteiger partial charge in [-0.1, -0.05) is 128 Å². The molecule has 9 nitrogen and oxygen atoms in total. The molecule has 4 rings (SSSR count). The third-order valence-electron chi connectivity index (χ3n) is 5.03. The number of pyridine rings is 2. The molecule has 0 spiro atoms. The number of nitrogens with zero attached hydrogens (tertiary/aromatic N) is 6. The first kappa shape index (κ1) is 45.5. The number of nitrogens with one attached hydrogen (secondary N) is 1. The number of nitriles is 4. The van der Waals surface area contributed by atoms with Crippen molar-refractivity contribution in [2.45, 2.75) is 0 Å². The van der Waals surface area contributed by atoms with E-state index in [4.69, 9.17) is 149 Å². The molecule has 2 aromatic heterocycles. The molecule has 0 saturated heterocycles. The predicted octanol–water partition coefficient (Wildman–Crippen LogP) is 8.68. The zero-order chi connectivity index (χ0) is 34.2. The van der Waals surface area contributed by atoms with Crippen LogP contribution >= 0.6 is 128 Å². The minimum absolute atomic E-state index is 0. The van der Waals surface area contributed by atoms with Crippen LogP contribution in [-0.2, 0) is 0 Å². The first-order valence-electron chi connectivity index (χ1n) is 10.9. The van der Waals surface area contributed by atoms with Crippen LogP contribution in [0.2, 0.25) is 55.2 Å². The molecule has 236 valence electrons. The van der Waals surface area contributed by atoms with Crippen LogP contribution in [0.3, 0.4) is 0 Å². The second-order valence-corrected chi connectivity index (χ2v) is 11.9. The smallest absolute Gasteiger partial charge is 0.870 e. The Morgan fingerprint density at radius 3 is 1.04 bits per heavy atom. The summed E-state index contributed by atoms with van der Waals surface area (Å²) in [5.41, 5.74) is 5.99. The topological polar surface area (TPSA) is 189 Å². The van der Waals surface area contributed by atoms with Crippen molar-refractivity contribution >= 4 is 145 Å². The van der Waals surface area contributed by atoms with Gasteiger partial charge in [-0.15, -0.1) is 0 Å². The zero-order valence-electron chi connectivity index (χ0n) is 22.7. The fraction of sp³-hybridized carbons (Fsp3) is 0. The molecular formula is C26H8Cl11N8NaO. The SMILES string of the molecule is N#Cc1c(Cl)c(Cl)c(C#N)c(Cl)c1Cl.N#Cc1c(Cl)c(Cl)c(C#N)c(Nc2c(Cl)cncc2Cl)c1Cl.Nc1c(Cl)cncc1Cl.[Na+].[OH-]. The number of nitrogens with two attached hydrogens (primary N) is 1. The van der Waals surface area contributed by atoms with Gasteiger partial charge in [0.15, 0.2) is 0 Å². The van der Waals surface area contributed by atoms with Crippen molar-refractivity contribution in [2.75, 3.05) is 11.1 Å². The van der Waals surface area contributed by atoms with E-state index >= 15 is 0 Å². The van der Waals surface area contributed by atoms with Crippen LogP contribution in [0.15, 0.2) is 24.8 Å². The number of aromatic nitrogens is 2. The van der Waals surface area contributed by atoms with Crippen molar-refractivity contribution in [2.24, 2.45) is 0 Å². The van der Waals surface area contributed by atoms with Crippen molar-refractivity contribution in [3.8, 4) is 24.3 Å². The Labute approximate surface area is 344 Å². The van der Waals surface area contributed by atoms with Gasteiger partial charge in [-0.3, -0.25) is 9.97 Å². The van der Waals surface area contributed by atoms with E-state index in [1.54, 1.807) is 12.1 Å². The molecule has 21 heteroatoms. The molecule has 0 bridgehead atoms. The monoisotopic (exact) mass is 856 g/mol. The second kappa shape index (κ2) is 20.8. The fourth-order valence-corrected chi connectivity index (χ4v) is 5.52. The summed E-state index contributed by atoms with van der Waals surface area (Å²) in [7, 11) is 0. The molecule has 0 atom stereocenters. The Hall–Kier alpha value is -1.55. The van der Waals surface area contributed by atoms with E-state index in [1.165, 1.54) is 24.8 Å². The van der Waals surface area contributed by atoms with E-state index in [0.717, 1.165) is 0 Å². The molecule has 0 amide bonds. The molecule has 0 aliphatic rings. The Morgan fingerprint density at radius 2 is 0.745 bits per heavy atom. The van der Waals surface area contributed by atoms with Crippen LogP contribution in [-0.4, -0.2) is 15.4 Å². The van der Waals surface area contributed by atoms with Crippen molar-refractivity contribution in [3.05, 3.63) is 102 Å². The maximum Gasteiger partial charge on any atom is 1.00 e. The summed E-state index contributed by atoms with van der Waals surface area (Å²) in [6, 6.07) is 7.23. The molecule has 4 N–H and O–H groups in total. The third kappa shape index (κ3) is 10.7. The summed E-state index contributed by atoms with van der Waals surface area (Å²) in [4.78, 5) is 7.52. The maximum atomic E-state index is 9.28. The summed E-state index contributed by atoms with van der Waals surface area (Å²) >= 11 is 64.0. The minimum Gasteiger partial charge on any atom is -0.870 e. The molecule has 0 saturated carbocycles. The van der Waals surface area contributed by atoms with Crippen LogP contribution in [0, 0.1) is 45.3 Å². The summed E-state index contributed by atoms with van der Waals surface area (Å²) in [6.07, 6.45) is 5.61. The second-order valence-electron chi connectivity index (χ2n) is 7.64. The van der Waals surface area contributed by atoms with E-state index in [1.807, 2.05) is 12.1 Å². The van der Waals surface area contributed by atoms with E-state index in [-0.39, 0.29) is 114 Å². The van der Waals surface area contributed by atoms with Crippen LogP contribution in [0.5, 0.6) is 0 Å². The van der Waals surface area contributed by atoms with E-state index in [9.17, 15) is 5.26 Å². The number of hydrogen-bond acceptors (Lipinski definition) is 9. The summed E-state index contributed by atoms with van der Waals surface area (Å²) < 4.78 is 0. The van der Waals surface area contributed by atoms with Gasteiger partial charge in [-0.2, -0.15) is 21.0 Å². The van der Waals surface area contributed by atoms with Crippen molar-refractivity contribution in [3.63, 3.8) is 0 Å². The summed E-state index contributed by atoms with van der Waals surface area (Å²) in [5.74, 6) is 0. The predicted molar refractivity (Wildman–Crippen MR) is 185 cm³/mol. The third-order valence-corrected chi connectivity index (χ3v) is 9.14. The van der Waals surface area contributed by atoms with Crippen molar-refractivity contribution < 1.29 is 35.0 Å². The first-order valence-corrected chi connectivity index (χ1v) is 15.1. The van der Waals surface area contributed by atoms with Gasteiger partial charge < -0.3 is 16.5 Å². The van der Waals surface area contributed by atoms with Crippen LogP contribution < -0.4 is 40.6 Å². The van der Waals surface area contributed by atoms with Gasteiger partial charge in [0.05, 0.1) is 94.6 Å². The van der Waals surface area contributed by atoms with Gasteiger partial charge in [0, 0.05) is 24.8 Å². The number of anilines is 3. The molecule has 0 radical (unpaired) electrons. The molecule has 2 aromatic carbocycles. The molecule has 2 heterocycles. The molecule has 47 heavy (non-hydrogen) atoms. The Kier molecular flexibility index (Phi) is 20.2. The number of hydrogen-bond donors (Lipinski definition) is 2. The molecule has 0 unspecified atom stereocenters. The Morgan fingerprint density at radius 1 is 0.468 bits per heavy atom. The molecule has 4 aromatic rings. The fourth-order valence-electron chi connectivity index (χ4n) is 2.89. The first-order chi connectivity index (χ1) is 21.2. The van der Waals surface area contributed by atoms with Gasteiger partial charge in [0.2, 0.25) is 0 Å². The van der Waals surface area contributed by atoms with Gasteiger partial charge in [-0.25, -0.2) is 0 Å². The summed E-state index contributed by atoms with van der Waals surface area (Å²) in [5, 5.41) is 39.3. The minimum atomic E-state index is -0.0943. The molecule has 0 fully saturated rings. The van der Waals surface area contributed by atoms with E-state index in [0.29, 0.717) is 15.7 Å². The summed E-state index contributed by atoms with van der Waals surface area (Å²) in [6.45, 7) is 0. The van der Waals surface area contributed by atoms with Crippen LogP contribution in [0.25, 0.3) is 0 Å². The van der Waals surface area contributed by atoms with E-state index in [2.05, 4.69) is 15.3 Å². The molecule has 0 aliphatic carbocycles. The number of halogens is 11. The Bertz CT molecular complexity index is 1870. The normalized spacial score (nSPS) is 9.26. The average Bonchev–Trinajstić information content (AvgIpc) is 3.01. The standard InChI is InChI=1S/C13H3Cl5N4.C8Cl4N2.C5H4Cl2N2.Na.H2O/c14-7-3-21-4-8(15)13(7)22-12-6(2-20)10(17)9(16)5(1-19)11(12)18;9-5-3(1-13)6(10)8(12)4(2-14)7(5)11;6-3-1-9-2-4(7)5(3)8;;/h3-4H,(H,21,22);;1-2H,(H2,8,9);;1H2/q;;;+1;/p-1. The quantitative estimate of drug-likeness (QED) is 0.147. The maximum absolute atomic E-state index is 9.28. The number of benzene rings is 2. The van der Waals surface area contributed by atoms with Gasteiger partial charge in [-0.05, 0) is 0 Å². The van der Waals surface area contributed by atoms with Gasteiger partial charge in [0.25, 0.3) is 0 Å². The van der Waals surface area contributed by atoms with Crippen molar-refractivity contribution in [1.29, 1.82) is 21.0 Å². The number of nitrogen functional groups attached to an aromatic ring is 1. The van der Waals surface area contributed by atoms with Gasteiger partial charge in [0.1, 0.15) is 24.3 Å².